The van der Waals surface area contributed by atoms with E-state index in [2.05, 4.69) is 44.9 Å². The predicted octanol–water partition coefficient (Wildman–Crippen LogP) is 5.62. The number of aliphatic hydroxyl groups excluding tert-OH is 2. The summed E-state index contributed by atoms with van der Waals surface area (Å²) < 4.78 is 12.8. The average Bonchev–Trinajstić information content (AvgIpc) is 3.62. The quantitative estimate of drug-likeness (QED) is 0.336. The van der Waals surface area contributed by atoms with Crippen molar-refractivity contribution >= 4 is 6.09 Å². The highest BCUT2D eigenvalue weighted by molar-refractivity contribution is 5.67. The van der Waals surface area contributed by atoms with Crippen molar-refractivity contribution in [2.45, 2.75) is 142 Å². The van der Waals surface area contributed by atoms with Crippen LogP contribution in [0.25, 0.3) is 0 Å². The Morgan fingerprint density at radius 3 is 2.51 bits per heavy atom. The molecule has 1 aromatic rings. The topological polar surface area (TPSA) is 121 Å². The van der Waals surface area contributed by atoms with E-state index >= 15 is 0 Å². The Labute approximate surface area is 269 Å². The minimum absolute atomic E-state index is 0.0603. The highest BCUT2D eigenvalue weighted by Crippen LogP contribution is 2.89. The summed E-state index contributed by atoms with van der Waals surface area (Å²) in [5.41, 5.74) is -0.512. The zero-order chi connectivity index (χ0) is 32.4. The van der Waals surface area contributed by atoms with E-state index in [-0.39, 0.29) is 57.2 Å². The van der Waals surface area contributed by atoms with Crippen molar-refractivity contribution in [1.82, 2.24) is 10.3 Å². The van der Waals surface area contributed by atoms with Gasteiger partial charge < -0.3 is 30.1 Å². The molecular formula is C37H56N2O6. The lowest BCUT2D eigenvalue weighted by molar-refractivity contribution is -0.202. The van der Waals surface area contributed by atoms with Gasteiger partial charge in [0, 0.05) is 17.0 Å². The van der Waals surface area contributed by atoms with Crippen LogP contribution in [-0.2, 0) is 16.0 Å². The Morgan fingerprint density at radius 1 is 1.11 bits per heavy atom. The molecule has 0 bridgehead atoms. The van der Waals surface area contributed by atoms with Gasteiger partial charge in [-0.05, 0) is 117 Å². The summed E-state index contributed by atoms with van der Waals surface area (Å²) in [7, 11) is 0. The van der Waals surface area contributed by atoms with Gasteiger partial charge in [0.05, 0.1) is 36.2 Å². The zero-order valence-electron chi connectivity index (χ0n) is 28.4. The molecule has 8 nitrogen and oxygen atoms in total. The molecule has 2 spiro atoms. The number of amides is 1. The van der Waals surface area contributed by atoms with Crippen molar-refractivity contribution in [2.75, 3.05) is 0 Å². The first kappa shape index (κ1) is 31.8. The maximum atomic E-state index is 12.9. The minimum atomic E-state index is -1.26. The summed E-state index contributed by atoms with van der Waals surface area (Å²) >= 11 is 0. The third-order valence-electron chi connectivity index (χ3n) is 15.2. The summed E-state index contributed by atoms with van der Waals surface area (Å²) in [6.45, 7) is 15.3. The van der Waals surface area contributed by atoms with Crippen LogP contribution in [0, 0.1) is 50.7 Å². The van der Waals surface area contributed by atoms with E-state index in [1.54, 1.807) is 20.0 Å². The second-order valence-corrected chi connectivity index (χ2v) is 17.7. The van der Waals surface area contributed by atoms with E-state index in [4.69, 9.17) is 9.47 Å². The number of nitrogens with zero attached hydrogens (tertiary/aromatic N) is 1. The van der Waals surface area contributed by atoms with Crippen LogP contribution in [0.1, 0.15) is 106 Å². The number of carbonyl (C=O) groups excluding carboxylic acids is 1. The van der Waals surface area contributed by atoms with E-state index in [1.807, 2.05) is 18.2 Å². The molecule has 5 saturated carbocycles. The molecule has 1 amide bonds. The molecule has 13 atom stereocenters. The van der Waals surface area contributed by atoms with Crippen LogP contribution in [-0.4, -0.2) is 62.5 Å². The molecular weight excluding hydrogens is 568 g/mol. The number of pyridine rings is 1. The van der Waals surface area contributed by atoms with E-state index < -0.39 is 23.9 Å². The maximum absolute atomic E-state index is 12.9. The average molecular weight is 625 g/mol. The Morgan fingerprint density at radius 2 is 1.82 bits per heavy atom. The number of aromatic nitrogens is 1. The maximum Gasteiger partial charge on any atom is 0.407 e. The van der Waals surface area contributed by atoms with Crippen LogP contribution in [0.3, 0.4) is 0 Å². The lowest BCUT2D eigenvalue weighted by Gasteiger charge is -2.63. The standard InChI is InChI=1S/C37H56N2O6/c1-21-18-23(29(40)33(4,5)43)44-28-27(21)34(6)15-16-37-20-36(37)14-13-26(45-31(42)39-19-22-10-8-9-17-38-22)32(2,3)24(36)11-12-25(37)35(34,7)30(28)41/h8-10,17,21,23-30,40-41,43H,11-16,18-20H2,1-7H3,(H,39,42)/t21-,23?,24+,25?,26?,27+,28?,29?,30+,34?,35-,36?,37?/m1/s1. The molecule has 1 aromatic heterocycles. The third-order valence-corrected chi connectivity index (χ3v) is 15.2. The summed E-state index contributed by atoms with van der Waals surface area (Å²) in [4.78, 5) is 17.2. The highest BCUT2D eigenvalue weighted by Gasteiger charge is 2.84. The molecule has 1 aliphatic heterocycles. The Hall–Kier alpha value is -1.74. The number of aliphatic hydroxyl groups is 3. The van der Waals surface area contributed by atoms with Gasteiger partial charge in [-0.1, -0.05) is 40.7 Å². The number of hydrogen-bond acceptors (Lipinski definition) is 7. The Kier molecular flexibility index (Phi) is 7.17. The van der Waals surface area contributed by atoms with Crippen molar-refractivity contribution in [3.8, 4) is 0 Å². The normalized spacial score (nSPS) is 48.5. The molecule has 6 aliphatic rings. The summed E-state index contributed by atoms with van der Waals surface area (Å²) in [5, 5.41) is 36.9. The van der Waals surface area contributed by atoms with Gasteiger partial charge in [-0.15, -0.1) is 0 Å². The van der Waals surface area contributed by atoms with Crippen LogP contribution in [0.15, 0.2) is 24.4 Å². The van der Waals surface area contributed by atoms with Crippen molar-refractivity contribution < 1.29 is 29.6 Å². The minimum Gasteiger partial charge on any atom is -0.446 e. The molecule has 2 heterocycles. The Balaban J connectivity index is 1.11. The van der Waals surface area contributed by atoms with Crippen molar-refractivity contribution in [1.29, 1.82) is 0 Å². The SMILES string of the molecule is C[C@@H]1CC(C(O)C(C)(C)O)OC2[C@H]1C1(C)CCC34CC35CCC(OC(=O)NCc3ccccn3)C(C)(C)[C@@H]5CCC4[C@]1(C)[C@H]2O. The second kappa shape index (κ2) is 10.1. The Bertz CT molecular complexity index is 1320. The molecule has 6 fully saturated rings. The third kappa shape index (κ3) is 4.23. The first-order valence-corrected chi connectivity index (χ1v) is 17.6. The predicted molar refractivity (Wildman–Crippen MR) is 170 cm³/mol. The molecule has 1 saturated heterocycles. The summed E-state index contributed by atoms with van der Waals surface area (Å²) in [5.74, 6) is 1.38. The number of rotatable bonds is 5. The molecule has 8 heteroatoms. The monoisotopic (exact) mass is 624 g/mol. The van der Waals surface area contributed by atoms with Crippen LogP contribution in [0.4, 0.5) is 4.79 Å². The van der Waals surface area contributed by atoms with Crippen LogP contribution in [0.2, 0.25) is 0 Å². The van der Waals surface area contributed by atoms with Gasteiger partial charge in [0.1, 0.15) is 12.2 Å². The van der Waals surface area contributed by atoms with Gasteiger partial charge in [0.15, 0.2) is 0 Å². The lowest BCUT2D eigenvalue weighted by atomic mass is 9.41. The first-order valence-electron chi connectivity index (χ1n) is 17.6. The molecule has 45 heavy (non-hydrogen) atoms. The summed E-state index contributed by atoms with van der Waals surface area (Å²) in [6.07, 6.45) is 7.05. The molecule has 4 N–H and O–H groups in total. The van der Waals surface area contributed by atoms with E-state index in [0.717, 1.165) is 37.8 Å². The number of nitrogens with one attached hydrogen (secondary N) is 1. The highest BCUT2D eigenvalue weighted by atomic mass is 16.6. The van der Waals surface area contributed by atoms with Crippen molar-refractivity contribution in [2.24, 2.45) is 50.7 Å². The number of fused-ring (bicyclic) bond motifs is 4. The fourth-order valence-corrected chi connectivity index (χ4v) is 13.0. The van der Waals surface area contributed by atoms with Gasteiger partial charge in [-0.2, -0.15) is 0 Å². The number of alkyl carbamates (subject to hydrolysis) is 1. The number of ether oxygens (including phenoxy) is 2. The van der Waals surface area contributed by atoms with Gasteiger partial charge in [-0.25, -0.2) is 4.79 Å². The smallest absolute Gasteiger partial charge is 0.407 e. The molecule has 0 radical (unpaired) electrons. The molecule has 7 rings (SSSR count). The van der Waals surface area contributed by atoms with Gasteiger partial charge in [0.2, 0.25) is 0 Å². The van der Waals surface area contributed by atoms with E-state index in [0.29, 0.717) is 24.8 Å². The largest absolute Gasteiger partial charge is 0.446 e. The van der Waals surface area contributed by atoms with E-state index in [1.165, 1.54) is 12.8 Å². The van der Waals surface area contributed by atoms with Crippen LogP contribution in [0.5, 0.6) is 0 Å². The molecule has 8 unspecified atom stereocenters. The number of hydrogen-bond donors (Lipinski definition) is 4. The summed E-state index contributed by atoms with van der Waals surface area (Å²) in [6, 6.07) is 5.68. The molecule has 5 aliphatic carbocycles. The lowest BCUT2D eigenvalue weighted by Crippen LogP contribution is -2.60. The van der Waals surface area contributed by atoms with Crippen LogP contribution >= 0.6 is 0 Å². The second-order valence-electron chi connectivity index (χ2n) is 17.7. The fraction of sp³-hybridized carbons (Fsp3) is 0.838. The molecule has 250 valence electrons. The number of carbonyl (C=O) groups is 1. The zero-order valence-corrected chi connectivity index (χ0v) is 28.4. The molecule has 0 aromatic carbocycles. The van der Waals surface area contributed by atoms with Gasteiger partial charge in [-0.3, -0.25) is 4.98 Å². The van der Waals surface area contributed by atoms with Crippen molar-refractivity contribution in [3.63, 3.8) is 0 Å². The van der Waals surface area contributed by atoms with E-state index in [9.17, 15) is 20.1 Å². The first-order chi connectivity index (χ1) is 21.0. The van der Waals surface area contributed by atoms with Crippen molar-refractivity contribution in [3.05, 3.63) is 30.1 Å². The van der Waals surface area contributed by atoms with Gasteiger partial charge in [0.25, 0.3) is 0 Å². The fourth-order valence-electron chi connectivity index (χ4n) is 13.0. The van der Waals surface area contributed by atoms with Crippen LogP contribution < -0.4 is 5.32 Å². The van der Waals surface area contributed by atoms with Gasteiger partial charge >= 0.3 is 6.09 Å².